The summed E-state index contributed by atoms with van der Waals surface area (Å²) in [5.41, 5.74) is 0. The number of rotatable bonds is 2. The van der Waals surface area contributed by atoms with Crippen LogP contribution >= 0.6 is 0 Å². The second-order valence-electron chi connectivity index (χ2n) is 3.60. The van der Waals surface area contributed by atoms with Gasteiger partial charge in [-0.05, 0) is 6.42 Å². The average Bonchev–Trinajstić information content (AvgIpc) is 2.66. The van der Waals surface area contributed by atoms with Crippen LogP contribution in [-0.4, -0.2) is 34.0 Å². The Kier molecular flexibility index (Phi) is 2.84. The minimum absolute atomic E-state index is 0.0428. The summed E-state index contributed by atoms with van der Waals surface area (Å²) in [4.78, 5) is 4.24. The normalized spacial score (nSPS) is 27.9. The van der Waals surface area contributed by atoms with Crippen molar-refractivity contribution in [1.82, 2.24) is 9.55 Å². The van der Waals surface area contributed by atoms with E-state index in [0.717, 1.165) is 12.2 Å². The summed E-state index contributed by atoms with van der Waals surface area (Å²) in [5.74, 6) is 1.01. The predicted octanol–water partition coefficient (Wildman–Crippen LogP) is 0.768. The third kappa shape index (κ3) is 1.67. The minimum atomic E-state index is -0.303. The highest BCUT2D eigenvalue weighted by molar-refractivity contribution is 4.97. The lowest BCUT2D eigenvalue weighted by atomic mass is 10.1. The van der Waals surface area contributed by atoms with Gasteiger partial charge >= 0.3 is 0 Å². The molecule has 0 spiro atoms. The van der Waals surface area contributed by atoms with E-state index in [4.69, 9.17) is 4.74 Å². The first-order valence-corrected chi connectivity index (χ1v) is 5.10. The maximum absolute atomic E-state index is 9.83. The molecule has 2 rings (SSSR count). The Bertz CT molecular complexity index is 298. The Morgan fingerprint density at radius 2 is 2.57 bits per heavy atom. The van der Waals surface area contributed by atoms with Crippen LogP contribution in [0.25, 0.3) is 0 Å². The maximum atomic E-state index is 9.83. The summed E-state index contributed by atoms with van der Waals surface area (Å²) in [6.07, 6.45) is 4.99. The van der Waals surface area contributed by atoms with Crippen LogP contribution in [0, 0.1) is 0 Å². The molecule has 2 unspecified atom stereocenters. The van der Waals surface area contributed by atoms with Gasteiger partial charge < -0.3 is 14.4 Å². The fraction of sp³-hybridized carbons (Fsp3) is 0.700. The molecule has 14 heavy (non-hydrogen) atoms. The molecule has 4 heteroatoms. The first-order valence-electron chi connectivity index (χ1n) is 5.10. The molecule has 0 amide bonds. The van der Waals surface area contributed by atoms with Gasteiger partial charge in [0.25, 0.3) is 0 Å². The lowest BCUT2D eigenvalue weighted by molar-refractivity contribution is -0.0298. The molecule has 1 N–H and O–H groups in total. The lowest BCUT2D eigenvalue weighted by Crippen LogP contribution is -2.34. The standard InChI is InChI=1S/C10H16N2O2/c1-2-10-11-4-5-12(10)8-7-14-6-3-9(8)13/h4-5,8-9,13H,2-3,6-7H2,1H3. The van der Waals surface area contributed by atoms with Crippen LogP contribution in [0.2, 0.25) is 0 Å². The first kappa shape index (κ1) is 9.68. The van der Waals surface area contributed by atoms with Gasteiger partial charge in [-0.2, -0.15) is 0 Å². The Morgan fingerprint density at radius 1 is 1.71 bits per heavy atom. The molecule has 0 aromatic carbocycles. The second-order valence-corrected chi connectivity index (χ2v) is 3.60. The van der Waals surface area contributed by atoms with E-state index in [2.05, 4.69) is 11.9 Å². The van der Waals surface area contributed by atoms with Gasteiger partial charge in [0, 0.05) is 25.4 Å². The van der Waals surface area contributed by atoms with Crippen LogP contribution in [0.15, 0.2) is 12.4 Å². The lowest BCUT2D eigenvalue weighted by Gasteiger charge is -2.29. The zero-order valence-electron chi connectivity index (χ0n) is 8.39. The van der Waals surface area contributed by atoms with Crippen LogP contribution < -0.4 is 0 Å². The highest BCUT2D eigenvalue weighted by atomic mass is 16.5. The molecule has 0 bridgehead atoms. The molecule has 4 nitrogen and oxygen atoms in total. The minimum Gasteiger partial charge on any atom is -0.391 e. The summed E-state index contributed by atoms with van der Waals surface area (Å²) in [6.45, 7) is 3.31. The smallest absolute Gasteiger partial charge is 0.108 e. The number of aliphatic hydroxyl groups is 1. The SMILES string of the molecule is CCc1nccn1C1COCCC1O. The van der Waals surface area contributed by atoms with E-state index >= 15 is 0 Å². The molecule has 0 saturated carbocycles. The Morgan fingerprint density at radius 3 is 3.29 bits per heavy atom. The van der Waals surface area contributed by atoms with E-state index in [1.54, 1.807) is 6.20 Å². The Balaban J connectivity index is 2.20. The number of nitrogens with zero attached hydrogens (tertiary/aromatic N) is 2. The number of aliphatic hydroxyl groups excluding tert-OH is 1. The van der Waals surface area contributed by atoms with E-state index < -0.39 is 0 Å². The van der Waals surface area contributed by atoms with Crippen LogP contribution in [0.3, 0.4) is 0 Å². The van der Waals surface area contributed by atoms with Crippen molar-refractivity contribution in [1.29, 1.82) is 0 Å². The van der Waals surface area contributed by atoms with E-state index in [-0.39, 0.29) is 12.1 Å². The van der Waals surface area contributed by atoms with Crippen molar-refractivity contribution >= 4 is 0 Å². The van der Waals surface area contributed by atoms with Crippen molar-refractivity contribution in [3.8, 4) is 0 Å². The van der Waals surface area contributed by atoms with Gasteiger partial charge in [0.2, 0.25) is 0 Å². The van der Waals surface area contributed by atoms with Crippen molar-refractivity contribution < 1.29 is 9.84 Å². The van der Waals surface area contributed by atoms with Crippen molar-refractivity contribution in [2.45, 2.75) is 31.9 Å². The maximum Gasteiger partial charge on any atom is 0.108 e. The molecule has 0 aliphatic carbocycles. The first-order chi connectivity index (χ1) is 6.83. The quantitative estimate of drug-likeness (QED) is 0.760. The third-order valence-corrected chi connectivity index (χ3v) is 2.71. The van der Waals surface area contributed by atoms with Crippen LogP contribution in [0.1, 0.15) is 25.2 Å². The Labute approximate surface area is 83.5 Å². The van der Waals surface area contributed by atoms with Crippen LogP contribution in [0.5, 0.6) is 0 Å². The molecular formula is C10H16N2O2. The van der Waals surface area contributed by atoms with Gasteiger partial charge in [-0.1, -0.05) is 6.92 Å². The average molecular weight is 196 g/mol. The molecule has 1 aliphatic heterocycles. The molecule has 2 heterocycles. The molecule has 1 saturated heterocycles. The highest BCUT2D eigenvalue weighted by Gasteiger charge is 2.26. The monoisotopic (exact) mass is 196 g/mol. The number of hydrogen-bond acceptors (Lipinski definition) is 3. The number of aromatic nitrogens is 2. The molecular weight excluding hydrogens is 180 g/mol. The third-order valence-electron chi connectivity index (χ3n) is 2.71. The molecule has 2 atom stereocenters. The molecule has 0 radical (unpaired) electrons. The van der Waals surface area contributed by atoms with Crippen molar-refractivity contribution in [2.75, 3.05) is 13.2 Å². The van der Waals surface area contributed by atoms with Crippen LogP contribution in [0.4, 0.5) is 0 Å². The summed E-state index contributed by atoms with van der Waals surface area (Å²) in [6, 6.07) is 0.0428. The molecule has 1 fully saturated rings. The zero-order valence-corrected chi connectivity index (χ0v) is 8.39. The summed E-state index contributed by atoms with van der Waals surface area (Å²) in [7, 11) is 0. The molecule has 1 aliphatic rings. The van der Waals surface area contributed by atoms with Crippen LogP contribution in [-0.2, 0) is 11.2 Å². The topological polar surface area (TPSA) is 47.3 Å². The van der Waals surface area contributed by atoms with Gasteiger partial charge in [-0.3, -0.25) is 0 Å². The van der Waals surface area contributed by atoms with Crippen molar-refractivity contribution in [2.24, 2.45) is 0 Å². The number of hydrogen-bond donors (Lipinski definition) is 1. The van der Waals surface area contributed by atoms with Crippen molar-refractivity contribution in [3.05, 3.63) is 18.2 Å². The predicted molar refractivity (Wildman–Crippen MR) is 52.1 cm³/mol. The zero-order chi connectivity index (χ0) is 9.97. The summed E-state index contributed by atoms with van der Waals surface area (Å²) >= 11 is 0. The summed E-state index contributed by atoms with van der Waals surface area (Å²) < 4.78 is 7.40. The van der Waals surface area contributed by atoms with E-state index in [1.165, 1.54) is 0 Å². The highest BCUT2D eigenvalue weighted by Crippen LogP contribution is 2.21. The molecule has 1 aromatic rings. The second kappa shape index (κ2) is 4.11. The van der Waals surface area contributed by atoms with E-state index in [0.29, 0.717) is 19.6 Å². The molecule has 78 valence electrons. The number of ether oxygens (including phenoxy) is 1. The fourth-order valence-electron chi connectivity index (χ4n) is 1.90. The van der Waals surface area contributed by atoms with Gasteiger partial charge in [-0.15, -0.1) is 0 Å². The van der Waals surface area contributed by atoms with Gasteiger partial charge in [0.15, 0.2) is 0 Å². The van der Waals surface area contributed by atoms with Gasteiger partial charge in [0.05, 0.1) is 18.8 Å². The number of aryl methyl sites for hydroxylation is 1. The fourth-order valence-corrected chi connectivity index (χ4v) is 1.90. The van der Waals surface area contributed by atoms with Crippen molar-refractivity contribution in [3.63, 3.8) is 0 Å². The van der Waals surface area contributed by atoms with Gasteiger partial charge in [-0.25, -0.2) is 4.98 Å². The van der Waals surface area contributed by atoms with E-state index in [1.807, 2.05) is 10.8 Å². The summed E-state index contributed by atoms with van der Waals surface area (Å²) in [5, 5.41) is 9.83. The number of imidazole rings is 1. The van der Waals surface area contributed by atoms with E-state index in [9.17, 15) is 5.11 Å². The Hall–Kier alpha value is -0.870. The largest absolute Gasteiger partial charge is 0.391 e. The molecule has 1 aromatic heterocycles. The van der Waals surface area contributed by atoms with Gasteiger partial charge in [0.1, 0.15) is 5.82 Å².